The molecule has 0 unspecified atom stereocenters. The molecule has 140 valence electrons. The molecule has 0 aliphatic carbocycles. The van der Waals surface area contributed by atoms with Gasteiger partial charge in [-0.1, -0.05) is 0 Å². The smallest absolute Gasteiger partial charge is 0.227 e. The van der Waals surface area contributed by atoms with Crippen LogP contribution < -0.4 is 14.5 Å². The molecule has 1 aliphatic rings. The van der Waals surface area contributed by atoms with Crippen LogP contribution in [0.15, 0.2) is 24.4 Å². The fourth-order valence-electron chi connectivity index (χ4n) is 3.03. The highest BCUT2D eigenvalue weighted by atomic mass is 19.1. The number of anilines is 2. The summed E-state index contributed by atoms with van der Waals surface area (Å²) in [7, 11) is 3.82. The first-order valence-electron chi connectivity index (χ1n) is 8.40. The lowest BCUT2D eigenvalue weighted by Gasteiger charge is -2.36. The van der Waals surface area contributed by atoms with E-state index in [4.69, 9.17) is 4.74 Å². The zero-order valence-electron chi connectivity index (χ0n) is 15.0. The van der Waals surface area contributed by atoms with Gasteiger partial charge >= 0.3 is 0 Å². The zero-order chi connectivity index (χ0) is 18.8. The Labute approximate surface area is 151 Å². The topological polar surface area (TPSA) is 61.7 Å². The molecule has 0 radical (unpaired) electrons. The number of halogens is 2. The van der Waals surface area contributed by atoms with Gasteiger partial charge in [-0.25, -0.2) is 13.8 Å². The predicted molar refractivity (Wildman–Crippen MR) is 94.7 cm³/mol. The van der Waals surface area contributed by atoms with Crippen LogP contribution in [0.4, 0.5) is 20.5 Å². The van der Waals surface area contributed by atoms with Crippen LogP contribution in [0.25, 0.3) is 0 Å². The summed E-state index contributed by atoms with van der Waals surface area (Å²) in [5.74, 6) is 0.000529. The van der Waals surface area contributed by atoms with Crippen LogP contribution in [0.2, 0.25) is 0 Å². The molecule has 1 aromatic carbocycles. The number of piperidine rings is 1. The minimum absolute atomic E-state index is 0.0708. The van der Waals surface area contributed by atoms with Gasteiger partial charge in [0, 0.05) is 57.0 Å². The number of aryl methyl sites for hydroxylation is 1. The van der Waals surface area contributed by atoms with Crippen LogP contribution >= 0.6 is 0 Å². The summed E-state index contributed by atoms with van der Waals surface area (Å²) in [5.41, 5.74) is 0.964. The van der Waals surface area contributed by atoms with Crippen molar-refractivity contribution >= 4 is 11.8 Å². The number of hydrogen-bond acceptors (Lipinski definition) is 6. The van der Waals surface area contributed by atoms with E-state index in [0.717, 1.165) is 29.6 Å². The van der Waals surface area contributed by atoms with Crippen LogP contribution in [-0.2, 0) is 0 Å². The van der Waals surface area contributed by atoms with Crippen LogP contribution in [-0.4, -0.2) is 54.5 Å². The number of rotatable bonds is 4. The lowest BCUT2D eigenvalue weighted by Crippen LogP contribution is -2.49. The number of hydrogen-bond donors (Lipinski definition) is 1. The molecular weight excluding hydrogens is 342 g/mol. The molecule has 2 aromatic rings. The van der Waals surface area contributed by atoms with Gasteiger partial charge in [-0.3, -0.25) is 0 Å². The minimum Gasteiger partial charge on any atom is -0.487 e. The number of benzene rings is 1. The fraction of sp³-hybridized carbons (Fsp3) is 0.444. The lowest BCUT2D eigenvalue weighted by molar-refractivity contribution is 0.0235. The first-order valence-corrected chi connectivity index (χ1v) is 8.40. The van der Waals surface area contributed by atoms with E-state index in [0.29, 0.717) is 18.9 Å². The van der Waals surface area contributed by atoms with E-state index in [-0.39, 0.29) is 12.3 Å². The second-order valence-corrected chi connectivity index (χ2v) is 6.63. The third kappa shape index (κ3) is 4.01. The first-order chi connectivity index (χ1) is 12.3. The highest BCUT2D eigenvalue weighted by Crippen LogP contribution is 2.24. The molecule has 1 N–H and O–H groups in total. The zero-order valence-corrected chi connectivity index (χ0v) is 15.0. The molecule has 3 rings (SSSR count). The third-order valence-electron chi connectivity index (χ3n) is 4.28. The van der Waals surface area contributed by atoms with Gasteiger partial charge < -0.3 is 19.6 Å². The van der Waals surface area contributed by atoms with E-state index in [9.17, 15) is 13.9 Å². The average molecular weight is 364 g/mol. The molecule has 1 saturated heterocycles. The van der Waals surface area contributed by atoms with E-state index in [1.54, 1.807) is 6.20 Å². The van der Waals surface area contributed by atoms with Gasteiger partial charge in [0.25, 0.3) is 0 Å². The van der Waals surface area contributed by atoms with Gasteiger partial charge in [-0.15, -0.1) is 0 Å². The van der Waals surface area contributed by atoms with E-state index in [2.05, 4.69) is 9.97 Å². The monoisotopic (exact) mass is 364 g/mol. The Hall–Kier alpha value is -2.48. The van der Waals surface area contributed by atoms with Gasteiger partial charge in [0.2, 0.25) is 5.95 Å². The van der Waals surface area contributed by atoms with Crippen molar-refractivity contribution in [3.8, 4) is 5.75 Å². The molecule has 1 aromatic heterocycles. The third-order valence-corrected chi connectivity index (χ3v) is 4.28. The number of aliphatic hydroxyl groups is 1. The number of β-amino-alcohol motifs (C(OH)–C–C–N with tert-alkyl or cyclic N) is 1. The van der Waals surface area contributed by atoms with Crippen molar-refractivity contribution in [2.45, 2.75) is 25.6 Å². The van der Waals surface area contributed by atoms with Gasteiger partial charge in [0.15, 0.2) is 0 Å². The summed E-state index contributed by atoms with van der Waals surface area (Å²) in [5, 5.41) is 10.4. The Morgan fingerprint density at radius 3 is 2.54 bits per heavy atom. The summed E-state index contributed by atoms with van der Waals surface area (Å²) in [6.07, 6.45) is 0.852. The number of aliphatic hydroxyl groups excluding tert-OH is 1. The van der Waals surface area contributed by atoms with Crippen LogP contribution in [0.3, 0.4) is 0 Å². The maximum absolute atomic E-state index is 13.3. The van der Waals surface area contributed by atoms with Crippen molar-refractivity contribution in [2.75, 3.05) is 37.0 Å². The molecule has 8 heteroatoms. The highest BCUT2D eigenvalue weighted by Gasteiger charge is 2.31. The van der Waals surface area contributed by atoms with Crippen molar-refractivity contribution in [2.24, 2.45) is 0 Å². The number of ether oxygens (including phenoxy) is 1. The summed E-state index contributed by atoms with van der Waals surface area (Å²) >= 11 is 0. The van der Waals surface area contributed by atoms with Crippen molar-refractivity contribution in [3.05, 3.63) is 41.6 Å². The molecule has 1 fully saturated rings. The number of aromatic nitrogens is 2. The van der Waals surface area contributed by atoms with Crippen LogP contribution in [0.1, 0.15) is 12.0 Å². The first kappa shape index (κ1) is 18.3. The molecule has 0 bridgehead atoms. The lowest BCUT2D eigenvalue weighted by atomic mass is 10.1. The molecule has 2 atom stereocenters. The van der Waals surface area contributed by atoms with E-state index >= 15 is 0 Å². The predicted octanol–water partition coefficient (Wildman–Crippen LogP) is 2.15. The molecule has 1 aliphatic heterocycles. The summed E-state index contributed by atoms with van der Waals surface area (Å²) in [4.78, 5) is 12.7. The quantitative estimate of drug-likeness (QED) is 0.897. The Morgan fingerprint density at radius 2 is 1.92 bits per heavy atom. The molecule has 0 amide bonds. The highest BCUT2D eigenvalue weighted by molar-refractivity contribution is 5.48. The van der Waals surface area contributed by atoms with Gasteiger partial charge in [0.05, 0.1) is 6.54 Å². The second-order valence-electron chi connectivity index (χ2n) is 6.63. The largest absolute Gasteiger partial charge is 0.487 e. The SMILES string of the molecule is Cc1cnc(N2CC[C@@H](Oc3cc(F)cc(F)c3)[C@H](O)C2)nc1N(C)C. The molecular formula is C18H22F2N4O2. The molecule has 26 heavy (non-hydrogen) atoms. The van der Waals surface area contributed by atoms with E-state index < -0.39 is 23.8 Å². The van der Waals surface area contributed by atoms with Crippen LogP contribution in [0.5, 0.6) is 5.75 Å². The average Bonchev–Trinajstić information content (AvgIpc) is 2.56. The maximum atomic E-state index is 13.3. The van der Waals surface area contributed by atoms with Gasteiger partial charge in [0.1, 0.15) is 35.4 Å². The van der Waals surface area contributed by atoms with Crippen molar-refractivity contribution in [1.29, 1.82) is 0 Å². The van der Waals surface area contributed by atoms with Crippen molar-refractivity contribution < 1.29 is 18.6 Å². The molecule has 0 saturated carbocycles. The van der Waals surface area contributed by atoms with Crippen molar-refractivity contribution in [1.82, 2.24) is 9.97 Å². The second kappa shape index (κ2) is 7.41. The Kier molecular flexibility index (Phi) is 5.22. The Bertz CT molecular complexity index is 768. The Morgan fingerprint density at radius 1 is 1.23 bits per heavy atom. The molecule has 0 spiro atoms. The Balaban J connectivity index is 1.69. The summed E-state index contributed by atoms with van der Waals surface area (Å²) in [6, 6.07) is 2.99. The standard InChI is InChI=1S/C18H22F2N4O2/c1-11-9-21-18(22-17(11)23(2)3)24-5-4-16(15(25)10-24)26-14-7-12(19)6-13(20)8-14/h6-9,15-16,25H,4-5,10H2,1-3H3/t15-,16-/m1/s1. The van der Waals surface area contributed by atoms with Crippen LogP contribution in [0, 0.1) is 18.6 Å². The minimum atomic E-state index is -0.831. The van der Waals surface area contributed by atoms with E-state index in [1.165, 1.54) is 0 Å². The van der Waals surface area contributed by atoms with Gasteiger partial charge in [-0.2, -0.15) is 4.98 Å². The fourth-order valence-corrected chi connectivity index (χ4v) is 3.03. The van der Waals surface area contributed by atoms with Crippen molar-refractivity contribution in [3.63, 3.8) is 0 Å². The molecule has 6 nitrogen and oxygen atoms in total. The normalized spacial score (nSPS) is 20.2. The molecule has 2 heterocycles. The summed E-state index contributed by atoms with van der Waals surface area (Å²) in [6.45, 7) is 2.78. The number of nitrogens with zero attached hydrogens (tertiary/aromatic N) is 4. The van der Waals surface area contributed by atoms with E-state index in [1.807, 2.05) is 30.8 Å². The van der Waals surface area contributed by atoms with Gasteiger partial charge in [-0.05, 0) is 6.92 Å². The maximum Gasteiger partial charge on any atom is 0.227 e. The summed E-state index contributed by atoms with van der Waals surface area (Å²) < 4.78 is 32.2.